The Bertz CT molecular complexity index is 961. The molecule has 0 saturated heterocycles. The molecule has 0 saturated carbocycles. The molecule has 2 aromatic carbocycles. The van der Waals surface area contributed by atoms with E-state index in [1.807, 2.05) is 11.6 Å². The summed E-state index contributed by atoms with van der Waals surface area (Å²) in [5.74, 6) is 0.741. The number of aromatic nitrogens is 2. The van der Waals surface area contributed by atoms with Crippen LogP contribution in [0.25, 0.3) is 0 Å². The van der Waals surface area contributed by atoms with Crippen molar-refractivity contribution in [2.24, 2.45) is 7.05 Å². The van der Waals surface area contributed by atoms with Crippen molar-refractivity contribution in [3.05, 3.63) is 88.2 Å². The van der Waals surface area contributed by atoms with Gasteiger partial charge in [0.15, 0.2) is 0 Å². The van der Waals surface area contributed by atoms with Crippen LogP contribution in [0.5, 0.6) is 5.75 Å². The first-order valence-electron chi connectivity index (χ1n) is 8.95. The maximum Gasteiger partial charge on any atom is 0.269 e. The second-order valence-electron chi connectivity index (χ2n) is 6.51. The van der Waals surface area contributed by atoms with Gasteiger partial charge < -0.3 is 19.7 Å². The van der Waals surface area contributed by atoms with Crippen LogP contribution in [-0.4, -0.2) is 38.8 Å². The van der Waals surface area contributed by atoms with Crippen LogP contribution in [0.3, 0.4) is 0 Å². The molecule has 152 valence electrons. The zero-order valence-corrected chi connectivity index (χ0v) is 15.7. The van der Waals surface area contributed by atoms with E-state index in [-0.39, 0.29) is 24.7 Å². The Kier molecular flexibility index (Phi) is 6.53. The molecule has 2 unspecified atom stereocenters. The Hall–Kier alpha value is -3.30. The van der Waals surface area contributed by atoms with Gasteiger partial charge in [-0.15, -0.1) is 0 Å². The number of nitrogens with zero attached hydrogens (tertiary/aromatic N) is 3. The van der Waals surface area contributed by atoms with E-state index in [0.29, 0.717) is 17.1 Å². The molecule has 8 nitrogen and oxygen atoms in total. The molecule has 1 heterocycles. The van der Waals surface area contributed by atoms with Crippen LogP contribution < -0.4 is 10.1 Å². The minimum Gasteiger partial charge on any atom is -0.491 e. The van der Waals surface area contributed by atoms with Gasteiger partial charge in [0, 0.05) is 38.1 Å². The van der Waals surface area contributed by atoms with Crippen LogP contribution in [0, 0.1) is 15.9 Å². The van der Waals surface area contributed by atoms with E-state index in [9.17, 15) is 19.6 Å². The maximum atomic E-state index is 13.7. The second kappa shape index (κ2) is 9.26. The number of imidazole rings is 1. The van der Waals surface area contributed by atoms with Crippen molar-refractivity contribution in [2.45, 2.75) is 12.1 Å². The lowest BCUT2D eigenvalue weighted by atomic mass is 10.1. The van der Waals surface area contributed by atoms with E-state index in [1.54, 1.807) is 24.5 Å². The number of nitrogens with one attached hydrogen (secondary N) is 1. The zero-order chi connectivity index (χ0) is 20.8. The second-order valence-corrected chi connectivity index (χ2v) is 6.51. The number of nitro benzene ring substituents is 1. The van der Waals surface area contributed by atoms with Gasteiger partial charge in [-0.25, -0.2) is 9.37 Å². The van der Waals surface area contributed by atoms with Crippen LogP contribution in [0.4, 0.5) is 10.1 Å². The number of rotatable bonds is 9. The fourth-order valence-electron chi connectivity index (χ4n) is 2.87. The third kappa shape index (κ3) is 5.37. The van der Waals surface area contributed by atoms with Crippen molar-refractivity contribution >= 4 is 5.69 Å². The molecule has 3 aromatic rings. The number of halogens is 1. The molecule has 0 spiro atoms. The highest BCUT2D eigenvalue weighted by Crippen LogP contribution is 2.21. The van der Waals surface area contributed by atoms with Crippen LogP contribution in [0.1, 0.15) is 17.4 Å². The monoisotopic (exact) mass is 400 g/mol. The summed E-state index contributed by atoms with van der Waals surface area (Å²) in [6.45, 7) is 0.155. The normalized spacial score (nSPS) is 13.1. The third-order valence-corrected chi connectivity index (χ3v) is 4.35. The van der Waals surface area contributed by atoms with Crippen LogP contribution >= 0.6 is 0 Å². The summed E-state index contributed by atoms with van der Waals surface area (Å²) in [6.07, 6.45) is 2.58. The molecule has 2 atom stereocenters. The lowest BCUT2D eigenvalue weighted by molar-refractivity contribution is -0.384. The Balaban J connectivity index is 1.61. The first kappa shape index (κ1) is 20.4. The van der Waals surface area contributed by atoms with Crippen LogP contribution in [0.2, 0.25) is 0 Å². The van der Waals surface area contributed by atoms with Crippen molar-refractivity contribution in [1.82, 2.24) is 14.9 Å². The largest absolute Gasteiger partial charge is 0.491 e. The molecule has 3 rings (SSSR count). The SMILES string of the molecule is Cn1ccnc1C(NCC(O)COc1ccc([N+](=O)[O-])cc1)c1cccc(F)c1. The number of hydrogen-bond acceptors (Lipinski definition) is 6. The minimum absolute atomic E-state index is 0.0127. The Morgan fingerprint density at radius 2 is 2.07 bits per heavy atom. The molecule has 0 fully saturated rings. The Labute approximate surface area is 166 Å². The Morgan fingerprint density at radius 1 is 1.31 bits per heavy atom. The fourth-order valence-corrected chi connectivity index (χ4v) is 2.87. The molecule has 0 aliphatic rings. The minimum atomic E-state index is -0.860. The van der Waals surface area contributed by atoms with Crippen molar-refractivity contribution < 1.29 is 19.2 Å². The van der Waals surface area contributed by atoms with E-state index in [4.69, 9.17) is 4.74 Å². The van der Waals surface area contributed by atoms with Crippen molar-refractivity contribution in [2.75, 3.05) is 13.2 Å². The number of aryl methyl sites for hydroxylation is 1. The predicted molar refractivity (Wildman–Crippen MR) is 104 cm³/mol. The molecular weight excluding hydrogens is 379 g/mol. The molecule has 1 aromatic heterocycles. The molecule has 9 heteroatoms. The first-order valence-corrected chi connectivity index (χ1v) is 8.95. The number of nitro groups is 1. The third-order valence-electron chi connectivity index (χ3n) is 4.35. The van der Waals surface area contributed by atoms with Gasteiger partial charge in [0.1, 0.15) is 30.1 Å². The number of non-ortho nitro benzene ring substituents is 1. The summed E-state index contributed by atoms with van der Waals surface area (Å²) in [6, 6.07) is 11.4. The van der Waals surface area contributed by atoms with Crippen molar-refractivity contribution in [1.29, 1.82) is 0 Å². The highest BCUT2D eigenvalue weighted by atomic mass is 19.1. The molecule has 0 amide bonds. The highest BCUT2D eigenvalue weighted by Gasteiger charge is 2.20. The van der Waals surface area contributed by atoms with Gasteiger partial charge in [-0.1, -0.05) is 12.1 Å². The fraction of sp³-hybridized carbons (Fsp3) is 0.250. The average molecular weight is 400 g/mol. The van der Waals surface area contributed by atoms with Gasteiger partial charge in [-0.2, -0.15) is 0 Å². The van der Waals surface area contributed by atoms with E-state index in [0.717, 1.165) is 0 Å². The summed E-state index contributed by atoms with van der Waals surface area (Å²) in [5, 5.41) is 24.1. The smallest absolute Gasteiger partial charge is 0.269 e. The van der Waals surface area contributed by atoms with Gasteiger partial charge in [-0.05, 0) is 29.8 Å². The lowest BCUT2D eigenvalue weighted by Gasteiger charge is -2.21. The van der Waals surface area contributed by atoms with Crippen LogP contribution in [0.15, 0.2) is 60.9 Å². The topological polar surface area (TPSA) is 102 Å². The lowest BCUT2D eigenvalue weighted by Crippen LogP contribution is -2.35. The molecule has 0 aliphatic carbocycles. The summed E-state index contributed by atoms with van der Waals surface area (Å²) in [7, 11) is 1.84. The number of ether oxygens (including phenoxy) is 1. The Morgan fingerprint density at radius 3 is 2.69 bits per heavy atom. The average Bonchev–Trinajstić information content (AvgIpc) is 3.12. The van der Waals surface area contributed by atoms with E-state index in [2.05, 4.69) is 10.3 Å². The van der Waals surface area contributed by atoms with E-state index >= 15 is 0 Å². The van der Waals surface area contributed by atoms with Gasteiger partial charge in [0.05, 0.1) is 11.0 Å². The predicted octanol–water partition coefficient (Wildman–Crippen LogP) is 2.59. The summed E-state index contributed by atoms with van der Waals surface area (Å²) >= 11 is 0. The maximum absolute atomic E-state index is 13.7. The molecule has 29 heavy (non-hydrogen) atoms. The molecule has 0 radical (unpaired) electrons. The van der Waals surface area contributed by atoms with E-state index < -0.39 is 17.1 Å². The molecule has 0 bridgehead atoms. The number of aliphatic hydroxyl groups is 1. The van der Waals surface area contributed by atoms with Gasteiger partial charge in [0.2, 0.25) is 0 Å². The number of aliphatic hydroxyl groups excluding tert-OH is 1. The molecular formula is C20H21FN4O4. The van der Waals surface area contributed by atoms with Crippen LogP contribution in [-0.2, 0) is 7.05 Å². The summed E-state index contributed by atoms with van der Waals surface area (Å²) in [4.78, 5) is 14.5. The van der Waals surface area contributed by atoms with Gasteiger partial charge in [-0.3, -0.25) is 10.1 Å². The van der Waals surface area contributed by atoms with Crippen molar-refractivity contribution in [3.8, 4) is 5.75 Å². The molecule has 2 N–H and O–H groups in total. The first-order chi connectivity index (χ1) is 13.9. The molecule has 0 aliphatic heterocycles. The summed E-state index contributed by atoms with van der Waals surface area (Å²) < 4.78 is 21.0. The number of hydrogen-bond donors (Lipinski definition) is 2. The number of benzene rings is 2. The van der Waals surface area contributed by atoms with Gasteiger partial charge >= 0.3 is 0 Å². The summed E-state index contributed by atoms with van der Waals surface area (Å²) in [5.41, 5.74) is 0.648. The zero-order valence-electron chi connectivity index (χ0n) is 15.7. The van der Waals surface area contributed by atoms with E-state index in [1.165, 1.54) is 36.4 Å². The van der Waals surface area contributed by atoms with Gasteiger partial charge in [0.25, 0.3) is 5.69 Å². The standard InChI is InChI=1S/C20H21FN4O4/c1-24-10-9-22-20(24)19(14-3-2-4-15(21)11-14)23-12-17(26)13-29-18-7-5-16(6-8-18)25(27)28/h2-11,17,19,23,26H,12-13H2,1H3. The highest BCUT2D eigenvalue weighted by molar-refractivity contribution is 5.36. The quantitative estimate of drug-likeness (QED) is 0.423. The van der Waals surface area contributed by atoms with Crippen molar-refractivity contribution in [3.63, 3.8) is 0 Å².